The van der Waals surface area contributed by atoms with Crippen LogP contribution in [0.5, 0.6) is 0 Å². The minimum Gasteiger partial charge on any atom is -0.466 e. The van der Waals surface area contributed by atoms with Crippen LogP contribution in [-0.4, -0.2) is 23.6 Å². The number of hydrogen-bond donors (Lipinski definition) is 2. The zero-order valence-electron chi connectivity index (χ0n) is 11.9. The van der Waals surface area contributed by atoms with Crippen LogP contribution in [0.1, 0.15) is 26.2 Å². The second kappa shape index (κ2) is 9.61. The Labute approximate surface area is 144 Å². The quantitative estimate of drug-likeness (QED) is 0.598. The van der Waals surface area contributed by atoms with Gasteiger partial charge in [-0.25, -0.2) is 0 Å². The summed E-state index contributed by atoms with van der Waals surface area (Å²) in [7, 11) is 0. The topological polar surface area (TPSA) is 67.4 Å². The molecule has 1 amide bonds. The third-order valence-corrected chi connectivity index (χ3v) is 3.31. The molecule has 0 saturated carbocycles. The van der Waals surface area contributed by atoms with E-state index in [1.807, 2.05) is 6.92 Å². The highest BCUT2D eigenvalue weighted by Crippen LogP contribution is 2.29. The molecule has 2 N–H and O–H groups in total. The highest BCUT2D eigenvalue weighted by atomic mass is 35.5. The van der Waals surface area contributed by atoms with Gasteiger partial charge >= 0.3 is 5.97 Å². The number of thiocarbonyl (C=S) groups is 1. The fourth-order valence-electron chi connectivity index (χ4n) is 1.45. The number of hydrogen-bond acceptors (Lipinski definition) is 4. The van der Waals surface area contributed by atoms with E-state index in [0.717, 1.165) is 6.42 Å². The molecule has 0 aliphatic carbocycles. The van der Waals surface area contributed by atoms with Crippen molar-refractivity contribution in [3.8, 4) is 0 Å². The van der Waals surface area contributed by atoms with Gasteiger partial charge in [0, 0.05) is 6.42 Å². The van der Waals surface area contributed by atoms with Gasteiger partial charge in [-0.15, -0.1) is 0 Å². The molecule has 0 fully saturated rings. The van der Waals surface area contributed by atoms with Crippen LogP contribution < -0.4 is 10.6 Å². The van der Waals surface area contributed by atoms with Crippen molar-refractivity contribution in [2.45, 2.75) is 26.2 Å². The number of nitrogens with one attached hydrogen (secondary N) is 2. The van der Waals surface area contributed by atoms with E-state index < -0.39 is 11.9 Å². The van der Waals surface area contributed by atoms with E-state index in [9.17, 15) is 9.59 Å². The summed E-state index contributed by atoms with van der Waals surface area (Å²) in [5, 5.41) is 6.02. The van der Waals surface area contributed by atoms with Crippen LogP contribution >= 0.6 is 35.4 Å². The first-order valence-electron chi connectivity index (χ1n) is 6.64. The second-order valence-electron chi connectivity index (χ2n) is 4.32. The van der Waals surface area contributed by atoms with Crippen molar-refractivity contribution >= 4 is 58.1 Å². The molecule has 0 aliphatic rings. The van der Waals surface area contributed by atoms with Gasteiger partial charge in [0.2, 0.25) is 5.91 Å². The van der Waals surface area contributed by atoms with Crippen LogP contribution in [-0.2, 0) is 14.3 Å². The predicted octanol–water partition coefficient (Wildman–Crippen LogP) is 3.54. The molecule has 22 heavy (non-hydrogen) atoms. The molecule has 1 rings (SSSR count). The second-order valence-corrected chi connectivity index (χ2v) is 5.54. The van der Waals surface area contributed by atoms with Crippen LogP contribution in [0, 0.1) is 0 Å². The van der Waals surface area contributed by atoms with E-state index >= 15 is 0 Å². The minimum atomic E-state index is -0.412. The lowest BCUT2D eigenvalue weighted by Crippen LogP contribution is -2.34. The minimum absolute atomic E-state index is 0.00129. The van der Waals surface area contributed by atoms with E-state index in [0.29, 0.717) is 22.3 Å². The molecule has 0 unspecified atom stereocenters. The first-order chi connectivity index (χ1) is 10.4. The van der Waals surface area contributed by atoms with Gasteiger partial charge in [-0.2, -0.15) is 0 Å². The number of anilines is 1. The van der Waals surface area contributed by atoms with Crippen molar-refractivity contribution in [1.29, 1.82) is 0 Å². The lowest BCUT2D eigenvalue weighted by molar-refractivity contribution is -0.144. The summed E-state index contributed by atoms with van der Waals surface area (Å²) in [4.78, 5) is 23.0. The molecule has 0 aliphatic heterocycles. The molecule has 1 aromatic carbocycles. The van der Waals surface area contributed by atoms with E-state index in [2.05, 4.69) is 10.6 Å². The number of carbonyl (C=O) groups excluding carboxylic acids is 2. The molecule has 0 radical (unpaired) electrons. The zero-order chi connectivity index (χ0) is 16.5. The largest absolute Gasteiger partial charge is 0.466 e. The van der Waals surface area contributed by atoms with Crippen molar-refractivity contribution < 1.29 is 14.3 Å². The molecule has 120 valence electrons. The van der Waals surface area contributed by atoms with Crippen LogP contribution in [0.15, 0.2) is 18.2 Å². The average molecular weight is 363 g/mol. The van der Waals surface area contributed by atoms with Gasteiger partial charge < -0.3 is 15.4 Å². The predicted molar refractivity (Wildman–Crippen MR) is 91.3 cm³/mol. The Hall–Kier alpha value is -1.37. The van der Waals surface area contributed by atoms with Gasteiger partial charge in [-0.3, -0.25) is 9.59 Å². The van der Waals surface area contributed by atoms with Gasteiger partial charge in [0.05, 0.1) is 28.8 Å². The van der Waals surface area contributed by atoms with Crippen molar-refractivity contribution in [2.75, 3.05) is 11.9 Å². The molecular formula is C14H16Cl2N2O3S. The Kier molecular flexibility index (Phi) is 8.16. The fourth-order valence-corrected chi connectivity index (χ4v) is 2.16. The van der Waals surface area contributed by atoms with Crippen LogP contribution in [0.2, 0.25) is 10.0 Å². The summed E-state index contributed by atoms with van der Waals surface area (Å²) >= 11 is 17.0. The maximum Gasteiger partial charge on any atom is 0.306 e. The normalized spacial score (nSPS) is 9.95. The molecule has 0 bridgehead atoms. The van der Waals surface area contributed by atoms with Gasteiger partial charge in [-0.05, 0) is 30.8 Å². The molecule has 0 atom stereocenters. The standard InChI is InChI=1S/C14H16Cl2N2O3S/c1-2-8-21-12(20)7-6-11(19)17-14(22)18-13-9(15)4-3-5-10(13)16/h3-5H,2,6-8H2,1H3,(H2,17,18,19,22). The Morgan fingerprint density at radius 1 is 1.23 bits per heavy atom. The van der Waals surface area contributed by atoms with E-state index in [4.69, 9.17) is 40.2 Å². The first kappa shape index (κ1) is 18.7. The van der Waals surface area contributed by atoms with E-state index in [-0.39, 0.29) is 18.0 Å². The van der Waals surface area contributed by atoms with Crippen LogP contribution in [0.25, 0.3) is 0 Å². The number of para-hydroxylation sites is 1. The van der Waals surface area contributed by atoms with Gasteiger partial charge in [0.1, 0.15) is 0 Å². The maximum absolute atomic E-state index is 11.7. The van der Waals surface area contributed by atoms with Crippen molar-refractivity contribution in [2.24, 2.45) is 0 Å². The Bertz CT molecular complexity index is 547. The van der Waals surface area contributed by atoms with Gasteiger partial charge in [-0.1, -0.05) is 36.2 Å². The summed E-state index contributed by atoms with van der Waals surface area (Å²) in [6, 6.07) is 4.98. The number of amides is 1. The van der Waals surface area contributed by atoms with Crippen LogP contribution in [0.3, 0.4) is 0 Å². The number of ether oxygens (including phenoxy) is 1. The van der Waals surface area contributed by atoms with Gasteiger partial charge in [0.25, 0.3) is 0 Å². The van der Waals surface area contributed by atoms with E-state index in [1.165, 1.54) is 0 Å². The lowest BCUT2D eigenvalue weighted by Gasteiger charge is -2.12. The lowest BCUT2D eigenvalue weighted by atomic mass is 10.3. The maximum atomic E-state index is 11.7. The van der Waals surface area contributed by atoms with Crippen molar-refractivity contribution in [3.05, 3.63) is 28.2 Å². The number of halogens is 2. The van der Waals surface area contributed by atoms with Crippen LogP contribution in [0.4, 0.5) is 5.69 Å². The third-order valence-electron chi connectivity index (χ3n) is 2.48. The number of rotatable bonds is 6. The summed E-state index contributed by atoms with van der Waals surface area (Å²) in [5.41, 5.74) is 0.415. The summed E-state index contributed by atoms with van der Waals surface area (Å²) in [5.74, 6) is -0.806. The number of benzene rings is 1. The molecule has 0 saturated heterocycles. The molecule has 8 heteroatoms. The molecule has 1 aromatic rings. The SMILES string of the molecule is CCCOC(=O)CCC(=O)NC(=S)Nc1c(Cl)cccc1Cl. The zero-order valence-corrected chi connectivity index (χ0v) is 14.3. The number of esters is 1. The third kappa shape index (κ3) is 6.60. The Morgan fingerprint density at radius 2 is 1.86 bits per heavy atom. The summed E-state index contributed by atoms with van der Waals surface area (Å²) in [6.45, 7) is 2.25. The highest BCUT2D eigenvalue weighted by Gasteiger charge is 2.11. The molecule has 0 spiro atoms. The van der Waals surface area contributed by atoms with E-state index in [1.54, 1.807) is 18.2 Å². The van der Waals surface area contributed by atoms with Gasteiger partial charge in [0.15, 0.2) is 5.11 Å². The summed E-state index contributed by atoms with van der Waals surface area (Å²) < 4.78 is 4.87. The molecule has 5 nitrogen and oxygen atoms in total. The fraction of sp³-hybridized carbons (Fsp3) is 0.357. The Morgan fingerprint density at radius 3 is 2.45 bits per heavy atom. The van der Waals surface area contributed by atoms with Crippen molar-refractivity contribution in [1.82, 2.24) is 5.32 Å². The first-order valence-corrected chi connectivity index (χ1v) is 7.81. The average Bonchev–Trinajstić information content (AvgIpc) is 2.47. The number of carbonyl (C=O) groups is 2. The Balaban J connectivity index is 2.42. The molecule has 0 aromatic heterocycles. The van der Waals surface area contributed by atoms with Crippen molar-refractivity contribution in [3.63, 3.8) is 0 Å². The smallest absolute Gasteiger partial charge is 0.306 e. The highest BCUT2D eigenvalue weighted by molar-refractivity contribution is 7.80. The summed E-state index contributed by atoms with van der Waals surface area (Å²) in [6.07, 6.45) is 0.729. The monoisotopic (exact) mass is 362 g/mol. The molecular weight excluding hydrogens is 347 g/mol. The molecule has 0 heterocycles.